The fraction of sp³-hybridized carbons (Fsp3) is 0.758. The lowest BCUT2D eigenvalue weighted by Crippen LogP contribution is -2.57. The molecule has 218 valence electrons. The number of ether oxygens (including phenoxy) is 2. The maximum atomic E-state index is 13.4. The van der Waals surface area contributed by atoms with Crippen molar-refractivity contribution in [1.82, 2.24) is 0 Å². The van der Waals surface area contributed by atoms with Crippen LogP contribution in [-0.4, -0.2) is 46.1 Å². The number of carbonyl (C=O) groups is 2. The second kappa shape index (κ2) is 11.9. The Balaban J connectivity index is 1.66. The summed E-state index contributed by atoms with van der Waals surface area (Å²) in [6, 6.07) is 10.7. The van der Waals surface area contributed by atoms with Gasteiger partial charge < -0.3 is 19.7 Å². The molecule has 1 unspecified atom stereocenters. The van der Waals surface area contributed by atoms with Crippen molar-refractivity contribution in [1.29, 1.82) is 0 Å². The van der Waals surface area contributed by atoms with Gasteiger partial charge in [0, 0.05) is 12.3 Å². The zero-order valence-corrected chi connectivity index (χ0v) is 24.8. The Morgan fingerprint density at radius 2 is 1.90 bits per heavy atom. The van der Waals surface area contributed by atoms with Gasteiger partial charge in [0.1, 0.15) is 12.2 Å². The van der Waals surface area contributed by atoms with Gasteiger partial charge in [-0.1, -0.05) is 51.1 Å². The lowest BCUT2D eigenvalue weighted by atomic mass is 9.51. The SMILES string of the molecule is CCC(C)(C)C(=O)O[C@H]1C[C@@H](C)[C@@H](C(C)c2ccccc2)[C@H]2CC[C@](C)(O)[C@@H](CC[C@@H]3C[C@@H](O)CC(=O)O3)[C@@H]21. The molecule has 2 aliphatic carbocycles. The van der Waals surface area contributed by atoms with Gasteiger partial charge in [-0.25, -0.2) is 0 Å². The molecule has 6 heteroatoms. The summed E-state index contributed by atoms with van der Waals surface area (Å²) in [5.74, 6) is 0.803. The van der Waals surface area contributed by atoms with Crippen LogP contribution in [0, 0.1) is 35.0 Å². The van der Waals surface area contributed by atoms with Crippen LogP contribution in [0.4, 0.5) is 0 Å². The minimum atomic E-state index is -0.912. The van der Waals surface area contributed by atoms with E-state index in [0.29, 0.717) is 55.8 Å². The maximum Gasteiger partial charge on any atom is 0.311 e. The molecule has 6 nitrogen and oxygen atoms in total. The molecule has 3 aliphatic rings. The Hall–Kier alpha value is -1.92. The van der Waals surface area contributed by atoms with Crippen LogP contribution in [0.5, 0.6) is 0 Å². The highest BCUT2D eigenvalue weighted by molar-refractivity contribution is 5.76. The Morgan fingerprint density at radius 3 is 2.54 bits per heavy atom. The molecule has 10 atom stereocenters. The number of hydrogen-bond donors (Lipinski definition) is 2. The van der Waals surface area contributed by atoms with Gasteiger partial charge in [-0.15, -0.1) is 0 Å². The lowest BCUT2D eigenvalue weighted by Gasteiger charge is -2.57. The molecule has 0 spiro atoms. The average molecular weight is 543 g/mol. The van der Waals surface area contributed by atoms with E-state index in [1.807, 2.05) is 27.7 Å². The highest BCUT2D eigenvalue weighted by Gasteiger charge is 2.56. The smallest absolute Gasteiger partial charge is 0.311 e. The first-order valence-corrected chi connectivity index (χ1v) is 15.2. The second-order valence-electron chi connectivity index (χ2n) is 13.7. The zero-order valence-electron chi connectivity index (χ0n) is 24.8. The van der Waals surface area contributed by atoms with Crippen molar-refractivity contribution in [2.45, 2.75) is 123 Å². The van der Waals surface area contributed by atoms with Crippen LogP contribution in [0.25, 0.3) is 0 Å². The summed E-state index contributed by atoms with van der Waals surface area (Å²) < 4.78 is 12.0. The number of aliphatic hydroxyl groups is 2. The first kappa shape index (κ1) is 30.0. The number of hydrogen-bond acceptors (Lipinski definition) is 6. The van der Waals surface area contributed by atoms with E-state index in [4.69, 9.17) is 9.47 Å². The van der Waals surface area contributed by atoms with Crippen LogP contribution >= 0.6 is 0 Å². The van der Waals surface area contributed by atoms with Gasteiger partial charge in [-0.05, 0) is 94.4 Å². The number of rotatable bonds is 8. The number of aliphatic hydroxyl groups excluding tert-OH is 1. The maximum absolute atomic E-state index is 13.4. The van der Waals surface area contributed by atoms with E-state index in [1.165, 1.54) is 5.56 Å². The molecule has 1 saturated heterocycles. The molecule has 0 aromatic heterocycles. The Bertz CT molecular complexity index is 987. The van der Waals surface area contributed by atoms with E-state index >= 15 is 0 Å². The second-order valence-corrected chi connectivity index (χ2v) is 13.7. The van der Waals surface area contributed by atoms with Crippen molar-refractivity contribution < 1.29 is 29.3 Å². The largest absolute Gasteiger partial charge is 0.462 e. The first-order valence-electron chi connectivity index (χ1n) is 15.2. The van der Waals surface area contributed by atoms with Crippen molar-refractivity contribution in [2.75, 3.05) is 0 Å². The molecule has 39 heavy (non-hydrogen) atoms. The lowest BCUT2D eigenvalue weighted by molar-refractivity contribution is -0.193. The van der Waals surface area contributed by atoms with E-state index in [2.05, 4.69) is 44.2 Å². The molecule has 3 fully saturated rings. The summed E-state index contributed by atoms with van der Waals surface area (Å²) in [4.78, 5) is 25.3. The molecule has 2 saturated carbocycles. The topological polar surface area (TPSA) is 93.1 Å². The number of cyclic esters (lactones) is 1. The van der Waals surface area contributed by atoms with Crippen LogP contribution < -0.4 is 0 Å². The molecular weight excluding hydrogens is 492 g/mol. The van der Waals surface area contributed by atoms with Crippen molar-refractivity contribution >= 4 is 11.9 Å². The van der Waals surface area contributed by atoms with E-state index in [1.54, 1.807) is 0 Å². The fourth-order valence-corrected chi connectivity index (χ4v) is 7.95. The molecule has 0 bridgehead atoms. The summed E-state index contributed by atoms with van der Waals surface area (Å²) in [5, 5.41) is 21.9. The van der Waals surface area contributed by atoms with Gasteiger partial charge in [0.2, 0.25) is 0 Å². The highest BCUT2D eigenvalue weighted by atomic mass is 16.6. The van der Waals surface area contributed by atoms with E-state index in [0.717, 1.165) is 12.8 Å². The molecule has 0 radical (unpaired) electrons. The minimum Gasteiger partial charge on any atom is -0.462 e. The number of fused-ring (bicyclic) bond motifs is 1. The van der Waals surface area contributed by atoms with E-state index < -0.39 is 17.1 Å². The van der Waals surface area contributed by atoms with Crippen LogP contribution in [0.15, 0.2) is 30.3 Å². The molecular formula is C33H50O6. The standard InChI is InChI=1S/C33H50O6/c1-7-32(4,5)31(36)39-27-17-20(2)29(21(3)22-11-9-8-10-12-22)25-15-16-33(6,37)26(30(25)27)14-13-24-18-23(34)19-28(35)38-24/h8-12,20-21,23-27,29-30,34,37H,7,13-19H2,1-6H3/t20-,21?,23-,24-,25-,26+,27+,29+,30-,33+/m1/s1. The van der Waals surface area contributed by atoms with Gasteiger partial charge in [0.15, 0.2) is 0 Å². The predicted molar refractivity (Wildman–Crippen MR) is 151 cm³/mol. The monoisotopic (exact) mass is 542 g/mol. The average Bonchev–Trinajstić information content (AvgIpc) is 2.87. The summed E-state index contributed by atoms with van der Waals surface area (Å²) in [7, 11) is 0. The van der Waals surface area contributed by atoms with Gasteiger partial charge >= 0.3 is 11.9 Å². The molecule has 2 N–H and O–H groups in total. The van der Waals surface area contributed by atoms with Crippen molar-refractivity contribution in [3.05, 3.63) is 35.9 Å². The molecule has 1 heterocycles. The molecule has 0 amide bonds. The summed E-state index contributed by atoms with van der Waals surface area (Å²) in [6.07, 6.45) is 3.50. The van der Waals surface area contributed by atoms with E-state index in [9.17, 15) is 19.8 Å². The van der Waals surface area contributed by atoms with E-state index in [-0.39, 0.29) is 42.4 Å². The molecule has 1 aliphatic heterocycles. The number of esters is 2. The Kier molecular flexibility index (Phi) is 9.17. The number of carbonyl (C=O) groups excluding carboxylic acids is 2. The Labute approximate surface area is 234 Å². The quantitative estimate of drug-likeness (QED) is 0.390. The zero-order chi connectivity index (χ0) is 28.5. The van der Waals surface area contributed by atoms with Crippen LogP contribution in [-0.2, 0) is 19.1 Å². The third-order valence-corrected chi connectivity index (χ3v) is 10.6. The van der Waals surface area contributed by atoms with Gasteiger partial charge in [-0.3, -0.25) is 9.59 Å². The fourth-order valence-electron chi connectivity index (χ4n) is 7.95. The van der Waals surface area contributed by atoms with Crippen LogP contribution in [0.2, 0.25) is 0 Å². The van der Waals surface area contributed by atoms with Crippen LogP contribution in [0.3, 0.4) is 0 Å². The predicted octanol–water partition coefficient (Wildman–Crippen LogP) is 6.03. The van der Waals surface area contributed by atoms with Gasteiger partial charge in [-0.2, -0.15) is 0 Å². The third-order valence-electron chi connectivity index (χ3n) is 10.6. The third kappa shape index (κ3) is 6.53. The minimum absolute atomic E-state index is 0.0157. The summed E-state index contributed by atoms with van der Waals surface area (Å²) >= 11 is 0. The molecule has 1 aromatic rings. The molecule has 4 rings (SSSR count). The molecule has 1 aromatic carbocycles. The van der Waals surface area contributed by atoms with Crippen molar-refractivity contribution in [2.24, 2.45) is 35.0 Å². The highest BCUT2D eigenvalue weighted by Crippen LogP contribution is 2.57. The first-order chi connectivity index (χ1) is 18.3. The van der Waals surface area contributed by atoms with Crippen LogP contribution in [0.1, 0.15) is 104 Å². The summed E-state index contributed by atoms with van der Waals surface area (Å²) in [5.41, 5.74) is -0.149. The normalized spacial score (nSPS) is 37.9. The van der Waals surface area contributed by atoms with Crippen molar-refractivity contribution in [3.63, 3.8) is 0 Å². The number of benzene rings is 1. The van der Waals surface area contributed by atoms with Gasteiger partial charge in [0.05, 0.1) is 23.5 Å². The van der Waals surface area contributed by atoms with Gasteiger partial charge in [0.25, 0.3) is 0 Å². The van der Waals surface area contributed by atoms with Crippen molar-refractivity contribution in [3.8, 4) is 0 Å². The summed E-state index contributed by atoms with van der Waals surface area (Å²) in [6.45, 7) is 12.5. The Morgan fingerprint density at radius 1 is 1.21 bits per heavy atom.